The average molecular weight is 242 g/mol. The van der Waals surface area contributed by atoms with Crippen molar-refractivity contribution >= 4 is 17.7 Å². The van der Waals surface area contributed by atoms with Gasteiger partial charge < -0.3 is 5.11 Å². The number of phenolic OH excluding ortho intramolecular Hbond substituents is 1. The molecule has 0 atom stereocenters. The number of para-hydroxylation sites is 3. The van der Waals surface area contributed by atoms with E-state index in [-0.39, 0.29) is 11.4 Å². The molecule has 0 saturated carbocycles. The second-order valence-electron chi connectivity index (χ2n) is 3.56. The Balaban J connectivity index is 2.56. The molecule has 18 heavy (non-hydrogen) atoms. The van der Waals surface area contributed by atoms with Crippen molar-refractivity contribution in [3.8, 4) is 5.75 Å². The van der Waals surface area contributed by atoms with Gasteiger partial charge in [-0.15, -0.1) is 4.91 Å². The number of phenols is 1. The van der Waals surface area contributed by atoms with Gasteiger partial charge >= 0.3 is 0 Å². The van der Waals surface area contributed by atoms with Gasteiger partial charge in [0.1, 0.15) is 11.4 Å². The van der Waals surface area contributed by atoms with Crippen molar-refractivity contribution in [3.63, 3.8) is 0 Å². The molecule has 0 saturated heterocycles. The van der Waals surface area contributed by atoms with Crippen molar-refractivity contribution < 1.29 is 9.90 Å². The summed E-state index contributed by atoms with van der Waals surface area (Å²) < 4.78 is 0. The minimum absolute atomic E-state index is 0.0854. The second-order valence-corrected chi connectivity index (χ2v) is 3.56. The fourth-order valence-electron chi connectivity index (χ4n) is 1.64. The molecule has 0 aromatic heterocycles. The molecule has 0 unspecified atom stereocenters. The Kier molecular flexibility index (Phi) is 3.33. The molecule has 0 aliphatic heterocycles. The molecule has 5 heteroatoms. The normalized spacial score (nSPS) is 9.78. The van der Waals surface area contributed by atoms with Crippen LogP contribution in [0.1, 0.15) is 10.4 Å². The Labute approximate surface area is 103 Å². The summed E-state index contributed by atoms with van der Waals surface area (Å²) in [5.74, 6) is -0.0854. The number of nitrogens with zero attached hydrogens (tertiary/aromatic N) is 2. The molecule has 0 fully saturated rings. The van der Waals surface area contributed by atoms with Crippen molar-refractivity contribution in [3.05, 3.63) is 59.0 Å². The predicted octanol–water partition coefficient (Wildman–Crippen LogP) is 3.02. The molecule has 0 heterocycles. The van der Waals surface area contributed by atoms with Crippen LogP contribution in [0.4, 0.5) is 11.4 Å². The number of hydrogen-bond donors (Lipinski definition) is 1. The van der Waals surface area contributed by atoms with Crippen LogP contribution in [0, 0.1) is 4.91 Å². The number of rotatable bonds is 4. The first-order valence-corrected chi connectivity index (χ1v) is 5.23. The summed E-state index contributed by atoms with van der Waals surface area (Å²) in [6, 6.07) is 12.8. The first-order chi connectivity index (χ1) is 8.77. The first-order valence-electron chi connectivity index (χ1n) is 5.23. The van der Waals surface area contributed by atoms with E-state index in [1.54, 1.807) is 36.4 Å². The van der Waals surface area contributed by atoms with Crippen molar-refractivity contribution in [2.45, 2.75) is 0 Å². The van der Waals surface area contributed by atoms with E-state index >= 15 is 0 Å². The lowest BCUT2D eigenvalue weighted by Gasteiger charge is -2.17. The maximum absolute atomic E-state index is 11.0. The Morgan fingerprint density at radius 2 is 1.61 bits per heavy atom. The first kappa shape index (κ1) is 11.8. The van der Waals surface area contributed by atoms with E-state index < -0.39 is 0 Å². The summed E-state index contributed by atoms with van der Waals surface area (Å²) in [7, 11) is 0. The molecule has 0 radical (unpaired) electrons. The molecular formula is C13H10N2O3. The van der Waals surface area contributed by atoms with Crippen molar-refractivity contribution in [2.24, 2.45) is 5.29 Å². The Morgan fingerprint density at radius 3 is 2.22 bits per heavy atom. The highest BCUT2D eigenvalue weighted by Gasteiger charge is 2.16. The molecule has 2 aromatic rings. The fraction of sp³-hybridized carbons (Fsp3) is 0. The molecule has 0 spiro atoms. The zero-order valence-electron chi connectivity index (χ0n) is 9.35. The minimum atomic E-state index is -0.0854. The van der Waals surface area contributed by atoms with Gasteiger partial charge in [-0.25, -0.2) is 0 Å². The second kappa shape index (κ2) is 5.09. The molecule has 90 valence electrons. The van der Waals surface area contributed by atoms with Crippen molar-refractivity contribution in [1.82, 2.24) is 0 Å². The number of nitroso groups, excluding NO2 is 1. The maximum Gasteiger partial charge on any atom is 0.152 e. The van der Waals surface area contributed by atoms with Crippen LogP contribution in [0.3, 0.4) is 0 Å². The van der Waals surface area contributed by atoms with E-state index in [1.807, 2.05) is 0 Å². The lowest BCUT2D eigenvalue weighted by atomic mass is 10.1. The summed E-state index contributed by atoms with van der Waals surface area (Å²) in [5, 5.41) is 13.6. The Bertz CT molecular complexity index is 584. The van der Waals surface area contributed by atoms with Crippen LogP contribution in [-0.4, -0.2) is 11.4 Å². The van der Waals surface area contributed by atoms with Crippen LogP contribution >= 0.6 is 0 Å². The Hall–Kier alpha value is -2.69. The van der Waals surface area contributed by atoms with Gasteiger partial charge in [0.2, 0.25) is 0 Å². The number of aldehydes is 1. The quantitative estimate of drug-likeness (QED) is 0.508. The summed E-state index contributed by atoms with van der Waals surface area (Å²) in [5.41, 5.74) is 0.867. The third-order valence-electron chi connectivity index (χ3n) is 2.48. The van der Waals surface area contributed by atoms with E-state index in [9.17, 15) is 14.8 Å². The molecule has 0 bridgehead atoms. The van der Waals surface area contributed by atoms with Gasteiger partial charge in [0.15, 0.2) is 6.29 Å². The van der Waals surface area contributed by atoms with Gasteiger partial charge in [0.25, 0.3) is 0 Å². The Morgan fingerprint density at radius 1 is 1.00 bits per heavy atom. The van der Waals surface area contributed by atoms with E-state index in [1.165, 1.54) is 12.1 Å². The highest BCUT2D eigenvalue weighted by molar-refractivity contribution is 5.87. The third-order valence-corrected chi connectivity index (χ3v) is 2.48. The van der Waals surface area contributed by atoms with E-state index in [2.05, 4.69) is 5.29 Å². The van der Waals surface area contributed by atoms with Crippen LogP contribution in [0.25, 0.3) is 0 Å². The summed E-state index contributed by atoms with van der Waals surface area (Å²) in [6.45, 7) is 0. The smallest absolute Gasteiger partial charge is 0.152 e. The lowest BCUT2D eigenvalue weighted by Crippen LogP contribution is -2.10. The maximum atomic E-state index is 11.0. The van der Waals surface area contributed by atoms with Crippen LogP contribution < -0.4 is 5.01 Å². The van der Waals surface area contributed by atoms with Gasteiger partial charge in [0, 0.05) is 5.56 Å². The highest BCUT2D eigenvalue weighted by atomic mass is 16.3. The monoisotopic (exact) mass is 242 g/mol. The molecule has 0 aliphatic rings. The van der Waals surface area contributed by atoms with Gasteiger partial charge in [-0.3, -0.25) is 4.79 Å². The average Bonchev–Trinajstić information content (AvgIpc) is 2.42. The van der Waals surface area contributed by atoms with Crippen molar-refractivity contribution in [1.29, 1.82) is 0 Å². The standard InChI is InChI=1S/C13H10N2O3/c16-9-10-5-1-2-6-11(10)15(14-18)12-7-3-4-8-13(12)17/h1-9,17H. The van der Waals surface area contributed by atoms with E-state index in [4.69, 9.17) is 0 Å². The summed E-state index contributed by atoms with van der Waals surface area (Å²) in [4.78, 5) is 21.9. The number of hydrogen-bond acceptors (Lipinski definition) is 4. The van der Waals surface area contributed by atoms with E-state index in [0.29, 0.717) is 17.5 Å². The van der Waals surface area contributed by atoms with Gasteiger partial charge in [-0.2, -0.15) is 5.01 Å². The summed E-state index contributed by atoms with van der Waals surface area (Å²) >= 11 is 0. The SMILES string of the molecule is O=Cc1ccccc1N(N=O)c1ccccc1O. The van der Waals surface area contributed by atoms with Crippen LogP contribution in [0.2, 0.25) is 0 Å². The zero-order valence-corrected chi connectivity index (χ0v) is 9.35. The van der Waals surface area contributed by atoms with Gasteiger partial charge in [0.05, 0.1) is 11.0 Å². The number of aromatic hydroxyl groups is 1. The van der Waals surface area contributed by atoms with Gasteiger partial charge in [-0.05, 0) is 24.3 Å². The number of benzene rings is 2. The van der Waals surface area contributed by atoms with E-state index in [0.717, 1.165) is 5.01 Å². The molecule has 0 amide bonds. The highest BCUT2D eigenvalue weighted by Crippen LogP contribution is 2.34. The summed E-state index contributed by atoms with van der Waals surface area (Å²) in [6.07, 6.45) is 0.632. The molecule has 0 aliphatic carbocycles. The number of carbonyl (C=O) groups excluding carboxylic acids is 1. The predicted molar refractivity (Wildman–Crippen MR) is 67.9 cm³/mol. The van der Waals surface area contributed by atoms with Crippen LogP contribution in [0.15, 0.2) is 53.8 Å². The molecule has 5 nitrogen and oxygen atoms in total. The minimum Gasteiger partial charge on any atom is -0.506 e. The molecule has 2 rings (SSSR count). The largest absolute Gasteiger partial charge is 0.506 e. The fourth-order valence-corrected chi connectivity index (χ4v) is 1.64. The molecule has 2 aromatic carbocycles. The topological polar surface area (TPSA) is 70.0 Å². The van der Waals surface area contributed by atoms with Crippen LogP contribution in [-0.2, 0) is 0 Å². The number of anilines is 2. The zero-order chi connectivity index (χ0) is 13.0. The van der Waals surface area contributed by atoms with Gasteiger partial charge in [-0.1, -0.05) is 24.3 Å². The molecule has 1 N–H and O–H groups in total. The number of carbonyl (C=O) groups is 1. The lowest BCUT2D eigenvalue weighted by molar-refractivity contribution is 0.112. The van der Waals surface area contributed by atoms with Crippen LogP contribution in [0.5, 0.6) is 5.75 Å². The van der Waals surface area contributed by atoms with Crippen molar-refractivity contribution in [2.75, 3.05) is 5.01 Å². The third kappa shape index (κ3) is 2.06. The molecular weight excluding hydrogens is 232 g/mol.